The molecule has 0 radical (unpaired) electrons. The van der Waals surface area contributed by atoms with Gasteiger partial charge in [-0.3, -0.25) is 5.21 Å². The average molecular weight is 310 g/mol. The van der Waals surface area contributed by atoms with Crippen LogP contribution < -0.4 is 9.80 Å². The lowest BCUT2D eigenvalue weighted by atomic mass is 10.1. The van der Waals surface area contributed by atoms with Crippen molar-refractivity contribution >= 4 is 23.1 Å². The van der Waals surface area contributed by atoms with Gasteiger partial charge < -0.3 is 9.47 Å². The monoisotopic (exact) mass is 310 g/mol. The molecule has 2 unspecified atom stereocenters. The van der Waals surface area contributed by atoms with Crippen LogP contribution in [0.15, 0.2) is 18.2 Å². The van der Waals surface area contributed by atoms with Crippen LogP contribution in [0.25, 0.3) is 0 Å². The molecule has 0 spiro atoms. The smallest absolute Gasteiger partial charge is 0.361 e. The predicted molar refractivity (Wildman–Crippen MR) is 78.1 cm³/mol. The van der Waals surface area contributed by atoms with Crippen LogP contribution in [-0.4, -0.2) is 48.0 Å². The number of nitrogens with zero attached hydrogens (tertiary/aromatic N) is 1. The Morgan fingerprint density at radius 3 is 2.82 bits per heavy atom. The lowest BCUT2D eigenvalue weighted by molar-refractivity contribution is -1.05. The van der Waals surface area contributed by atoms with E-state index >= 15 is 0 Å². The summed E-state index contributed by atoms with van der Waals surface area (Å²) in [5, 5.41) is 11.1. The fourth-order valence-electron chi connectivity index (χ4n) is 2.46. The van der Waals surface area contributed by atoms with Crippen molar-refractivity contribution in [3.8, 4) is 5.75 Å². The summed E-state index contributed by atoms with van der Waals surface area (Å²) < 4.78 is 11.4. The van der Waals surface area contributed by atoms with Gasteiger partial charge >= 0.3 is 11.7 Å². The van der Waals surface area contributed by atoms with Crippen molar-refractivity contribution in [2.45, 2.75) is 26.8 Å². The van der Waals surface area contributed by atoms with Crippen molar-refractivity contribution in [1.29, 1.82) is 0 Å². The number of hydrogen-bond donors (Lipinski definition) is 2. The molecule has 0 aliphatic carbocycles. The van der Waals surface area contributed by atoms with Crippen LogP contribution in [0.4, 0.5) is 11.4 Å². The topological polar surface area (TPSA) is 72.4 Å². The first-order valence-corrected chi connectivity index (χ1v) is 7.16. The maximum atomic E-state index is 11.4. The molecule has 1 aromatic rings. The van der Waals surface area contributed by atoms with Crippen molar-refractivity contribution in [2.75, 3.05) is 20.3 Å². The zero-order chi connectivity index (χ0) is 16.3. The number of nitrogens with one attached hydrogen (secondary N) is 1. The fourth-order valence-corrected chi connectivity index (χ4v) is 2.46. The van der Waals surface area contributed by atoms with Crippen LogP contribution >= 0.6 is 0 Å². The van der Waals surface area contributed by atoms with Gasteiger partial charge in [0.05, 0.1) is 13.7 Å². The number of quaternary nitrogens is 1. The van der Waals surface area contributed by atoms with E-state index < -0.39 is 5.97 Å². The summed E-state index contributed by atoms with van der Waals surface area (Å²) in [7, 11) is 1.60. The van der Waals surface area contributed by atoms with E-state index in [4.69, 9.17) is 14.3 Å². The van der Waals surface area contributed by atoms with E-state index in [1.165, 1.54) is 0 Å². The summed E-state index contributed by atoms with van der Waals surface area (Å²) in [5.41, 5.74) is 1.93. The molecule has 0 saturated heterocycles. The standard InChI is InChI=1S/C15H21N2O5/c1-5-21-14(18)9-22-13-8-6-7-12-15(13)16(19)10(2)11(3)17(12)20-4/h6-8,11,19H,5,9H2,1-4H3/q+1/p+1. The van der Waals surface area contributed by atoms with E-state index in [1.54, 1.807) is 26.2 Å². The van der Waals surface area contributed by atoms with Crippen LogP contribution in [0.5, 0.6) is 5.75 Å². The molecular formula is C15H22N2O5+2. The third-order valence-corrected chi connectivity index (χ3v) is 3.70. The Hall–Kier alpha value is -2.12. The van der Waals surface area contributed by atoms with Gasteiger partial charge in [0, 0.05) is 24.7 Å². The highest BCUT2D eigenvalue weighted by Gasteiger charge is 2.44. The second-order valence-corrected chi connectivity index (χ2v) is 4.99. The summed E-state index contributed by atoms with van der Waals surface area (Å²) in [6, 6.07) is 5.28. The minimum absolute atomic E-state index is 0.0530. The Morgan fingerprint density at radius 1 is 1.45 bits per heavy atom. The van der Waals surface area contributed by atoms with Crippen molar-refractivity contribution in [3.63, 3.8) is 0 Å². The first-order chi connectivity index (χ1) is 10.5. The quantitative estimate of drug-likeness (QED) is 0.473. The molecule has 1 aliphatic rings. The van der Waals surface area contributed by atoms with E-state index in [-0.39, 0.29) is 12.6 Å². The molecule has 1 heterocycles. The van der Waals surface area contributed by atoms with Gasteiger partial charge in [0.15, 0.2) is 6.61 Å². The summed E-state index contributed by atoms with van der Waals surface area (Å²) >= 11 is 0. The third kappa shape index (κ3) is 2.90. The maximum absolute atomic E-state index is 11.4. The molecular weight excluding hydrogens is 288 g/mol. The third-order valence-electron chi connectivity index (χ3n) is 3.70. The minimum Gasteiger partial charge on any atom is -0.475 e. The Kier molecular flexibility index (Phi) is 4.99. The molecule has 7 heteroatoms. The number of fused-ring (bicyclic) bond motifs is 1. The highest BCUT2D eigenvalue weighted by molar-refractivity contribution is 5.84. The van der Waals surface area contributed by atoms with Crippen LogP contribution in [0, 0.1) is 0 Å². The first-order valence-electron chi connectivity index (χ1n) is 7.16. The Bertz CT molecular complexity index is 600. The van der Waals surface area contributed by atoms with Crippen LogP contribution in [0.1, 0.15) is 20.8 Å². The number of hydrogen-bond acceptors (Lipinski definition) is 5. The number of benzene rings is 1. The summed E-state index contributed by atoms with van der Waals surface area (Å²) in [6.07, 6.45) is 0. The summed E-state index contributed by atoms with van der Waals surface area (Å²) in [6.45, 7) is 5.58. The Labute approximate surface area is 129 Å². The van der Waals surface area contributed by atoms with Gasteiger partial charge in [-0.2, -0.15) is 0 Å². The number of ether oxygens (including phenoxy) is 2. The number of esters is 1. The summed E-state index contributed by atoms with van der Waals surface area (Å²) in [5.74, 6) is -0.0562. The highest BCUT2D eigenvalue weighted by Crippen LogP contribution is 2.34. The molecule has 2 N–H and O–H groups in total. The Balaban J connectivity index is 2.37. The molecule has 22 heavy (non-hydrogen) atoms. The van der Waals surface area contributed by atoms with E-state index in [2.05, 4.69) is 0 Å². The molecule has 2 rings (SSSR count). The van der Waals surface area contributed by atoms with Gasteiger partial charge in [0.1, 0.15) is 0 Å². The number of para-hydroxylation sites is 1. The van der Waals surface area contributed by atoms with Crippen LogP contribution in [-0.2, 0) is 14.4 Å². The molecule has 0 fully saturated rings. The molecule has 2 atom stereocenters. The largest absolute Gasteiger partial charge is 0.475 e. The lowest BCUT2D eigenvalue weighted by Crippen LogP contribution is -3.11. The lowest BCUT2D eigenvalue weighted by Gasteiger charge is -2.24. The van der Waals surface area contributed by atoms with Crippen LogP contribution in [0.3, 0.4) is 0 Å². The molecule has 1 aliphatic heterocycles. The van der Waals surface area contributed by atoms with Gasteiger partial charge in [0.2, 0.25) is 17.5 Å². The molecule has 0 bridgehead atoms. The van der Waals surface area contributed by atoms with Crippen molar-refractivity contribution < 1.29 is 34.1 Å². The second-order valence-electron chi connectivity index (χ2n) is 4.99. The normalized spacial score (nSPS) is 20.5. The average Bonchev–Trinajstić information content (AvgIpc) is 2.51. The minimum atomic E-state index is -0.453. The van der Waals surface area contributed by atoms with Gasteiger partial charge in [-0.05, 0) is 13.0 Å². The van der Waals surface area contributed by atoms with Gasteiger partial charge in [-0.1, -0.05) is 6.07 Å². The fraction of sp³-hybridized carbons (Fsp3) is 0.467. The van der Waals surface area contributed by atoms with Crippen molar-refractivity contribution in [1.82, 2.24) is 0 Å². The van der Waals surface area contributed by atoms with E-state index in [9.17, 15) is 10.0 Å². The molecule has 0 saturated carbocycles. The maximum Gasteiger partial charge on any atom is 0.361 e. The van der Waals surface area contributed by atoms with E-state index in [1.807, 2.05) is 19.9 Å². The first kappa shape index (κ1) is 16.3. The zero-order valence-electron chi connectivity index (χ0n) is 13.3. The van der Waals surface area contributed by atoms with Gasteiger partial charge in [-0.25, -0.2) is 9.63 Å². The number of hydroxylamine groups is 1. The summed E-state index contributed by atoms with van der Waals surface area (Å²) in [4.78, 5) is 16.9. The molecule has 0 amide bonds. The SMILES string of the molecule is CCOC(=O)COc1cccc2c1[N+](O)=C(C)C(C)[NH+]2OC. The number of carbonyl (C=O) groups excluding carboxylic acids is 1. The van der Waals surface area contributed by atoms with Gasteiger partial charge in [0.25, 0.3) is 5.71 Å². The van der Waals surface area contributed by atoms with E-state index in [0.717, 1.165) is 21.2 Å². The highest BCUT2D eigenvalue weighted by atomic mass is 16.7. The second kappa shape index (κ2) is 6.76. The van der Waals surface area contributed by atoms with Gasteiger partial charge in [-0.15, -0.1) is 5.06 Å². The van der Waals surface area contributed by atoms with Crippen molar-refractivity contribution in [3.05, 3.63) is 18.2 Å². The van der Waals surface area contributed by atoms with Crippen LogP contribution in [0.2, 0.25) is 0 Å². The van der Waals surface area contributed by atoms with E-state index in [0.29, 0.717) is 18.0 Å². The molecule has 7 nitrogen and oxygen atoms in total. The predicted octanol–water partition coefficient (Wildman–Crippen LogP) is 0.603. The molecule has 1 aromatic carbocycles. The number of rotatable bonds is 5. The molecule has 120 valence electrons. The molecule has 0 aromatic heterocycles. The number of carbonyl (C=O) groups is 1. The zero-order valence-corrected chi connectivity index (χ0v) is 13.3. The van der Waals surface area contributed by atoms with Crippen molar-refractivity contribution in [2.24, 2.45) is 0 Å². The Morgan fingerprint density at radius 2 is 2.18 bits per heavy atom.